The van der Waals surface area contributed by atoms with E-state index in [4.69, 9.17) is 4.74 Å². The quantitative estimate of drug-likeness (QED) is 0.556. The van der Waals surface area contributed by atoms with Gasteiger partial charge in [-0.2, -0.15) is 0 Å². The normalized spacial score (nSPS) is 10.7. The van der Waals surface area contributed by atoms with Crippen LogP contribution in [0.1, 0.15) is 21.6 Å². The van der Waals surface area contributed by atoms with Crippen LogP contribution in [0.2, 0.25) is 0 Å². The topological polar surface area (TPSA) is 67.0 Å². The molecule has 4 aromatic rings. The third kappa shape index (κ3) is 3.82. The van der Waals surface area contributed by atoms with Gasteiger partial charge in [0.25, 0.3) is 5.91 Å². The summed E-state index contributed by atoms with van der Waals surface area (Å²) in [5.41, 5.74) is 4.52. The number of amides is 1. The zero-order chi connectivity index (χ0) is 18.6. The Morgan fingerprint density at radius 1 is 1.00 bits per heavy atom. The number of rotatable bonds is 5. The second kappa shape index (κ2) is 7.33. The molecule has 1 amide bonds. The van der Waals surface area contributed by atoms with Crippen LogP contribution >= 0.6 is 0 Å². The van der Waals surface area contributed by atoms with E-state index < -0.39 is 0 Å². The Balaban J connectivity index is 1.46. The fourth-order valence-corrected chi connectivity index (χ4v) is 3.00. The molecule has 0 saturated carbocycles. The summed E-state index contributed by atoms with van der Waals surface area (Å²) in [4.78, 5) is 19.7. The van der Waals surface area contributed by atoms with Gasteiger partial charge in [-0.1, -0.05) is 12.1 Å². The van der Waals surface area contributed by atoms with E-state index in [1.807, 2.05) is 60.7 Å². The van der Waals surface area contributed by atoms with Crippen molar-refractivity contribution in [1.82, 2.24) is 9.97 Å². The van der Waals surface area contributed by atoms with Crippen molar-refractivity contribution in [2.45, 2.75) is 6.42 Å². The van der Waals surface area contributed by atoms with Crippen molar-refractivity contribution in [1.29, 1.82) is 0 Å². The van der Waals surface area contributed by atoms with Gasteiger partial charge in [-0.25, -0.2) is 0 Å². The molecule has 27 heavy (non-hydrogen) atoms. The number of pyridine rings is 1. The highest BCUT2D eigenvalue weighted by atomic mass is 16.5. The Labute approximate surface area is 157 Å². The zero-order valence-electron chi connectivity index (χ0n) is 14.9. The molecule has 4 rings (SSSR count). The van der Waals surface area contributed by atoms with Crippen LogP contribution in [0.3, 0.4) is 0 Å². The third-order valence-corrected chi connectivity index (χ3v) is 4.44. The van der Waals surface area contributed by atoms with Gasteiger partial charge in [-0.3, -0.25) is 9.78 Å². The van der Waals surface area contributed by atoms with E-state index in [9.17, 15) is 4.79 Å². The lowest BCUT2D eigenvalue weighted by Gasteiger charge is -2.06. The van der Waals surface area contributed by atoms with Crippen LogP contribution in [-0.4, -0.2) is 23.0 Å². The fraction of sp³-hybridized carbons (Fsp3) is 0.0909. The van der Waals surface area contributed by atoms with E-state index in [0.29, 0.717) is 5.69 Å². The number of H-pyrrole nitrogens is 1. The maximum atomic E-state index is 12.5. The standard InChI is InChI=1S/C22H19N3O2/c1-27-19-7-4-17-13-21(25-20(17)14-19)22(26)24-18-5-2-15(3-6-18)12-16-8-10-23-11-9-16/h2-11,13-14,25H,12H2,1H3,(H,24,26). The molecule has 134 valence electrons. The van der Waals surface area contributed by atoms with Gasteiger partial charge >= 0.3 is 0 Å². The first-order chi connectivity index (χ1) is 13.2. The largest absolute Gasteiger partial charge is 0.497 e. The maximum absolute atomic E-state index is 12.5. The van der Waals surface area contributed by atoms with Gasteiger partial charge in [0.05, 0.1) is 7.11 Å². The van der Waals surface area contributed by atoms with Gasteiger partial charge in [0.1, 0.15) is 11.4 Å². The maximum Gasteiger partial charge on any atom is 0.272 e. The first kappa shape index (κ1) is 16.8. The van der Waals surface area contributed by atoms with Crippen LogP contribution in [0.4, 0.5) is 5.69 Å². The summed E-state index contributed by atoms with van der Waals surface area (Å²) < 4.78 is 5.22. The third-order valence-electron chi connectivity index (χ3n) is 4.44. The predicted molar refractivity (Wildman–Crippen MR) is 106 cm³/mol. The lowest BCUT2D eigenvalue weighted by Crippen LogP contribution is -2.12. The lowest BCUT2D eigenvalue weighted by molar-refractivity contribution is 0.102. The minimum absolute atomic E-state index is 0.174. The van der Waals surface area contributed by atoms with Gasteiger partial charge in [0, 0.05) is 35.1 Å². The molecule has 0 bridgehead atoms. The number of aromatic amines is 1. The molecule has 0 spiro atoms. The second-order valence-corrected chi connectivity index (χ2v) is 6.32. The van der Waals surface area contributed by atoms with Crippen molar-refractivity contribution >= 4 is 22.5 Å². The molecule has 0 aliphatic heterocycles. The van der Waals surface area contributed by atoms with Gasteiger partial charge in [0.2, 0.25) is 0 Å². The Morgan fingerprint density at radius 2 is 1.74 bits per heavy atom. The number of benzene rings is 2. The molecule has 2 heterocycles. The molecular weight excluding hydrogens is 338 g/mol. The molecule has 0 fully saturated rings. The molecule has 0 aliphatic rings. The van der Waals surface area contributed by atoms with E-state index in [1.54, 1.807) is 19.5 Å². The Bertz CT molecular complexity index is 1070. The number of carbonyl (C=O) groups is 1. The summed E-state index contributed by atoms with van der Waals surface area (Å²) >= 11 is 0. The number of nitrogens with one attached hydrogen (secondary N) is 2. The van der Waals surface area contributed by atoms with Crippen molar-refractivity contribution in [2.75, 3.05) is 12.4 Å². The fourth-order valence-electron chi connectivity index (χ4n) is 3.00. The summed E-state index contributed by atoms with van der Waals surface area (Å²) in [5, 5.41) is 3.89. The van der Waals surface area contributed by atoms with Crippen molar-refractivity contribution in [3.63, 3.8) is 0 Å². The van der Waals surface area contributed by atoms with Gasteiger partial charge in [0.15, 0.2) is 0 Å². The minimum atomic E-state index is -0.174. The van der Waals surface area contributed by atoms with Crippen LogP contribution < -0.4 is 10.1 Å². The Morgan fingerprint density at radius 3 is 2.48 bits per heavy atom. The summed E-state index contributed by atoms with van der Waals surface area (Å²) in [6, 6.07) is 19.4. The predicted octanol–water partition coefficient (Wildman–Crippen LogP) is 4.41. The minimum Gasteiger partial charge on any atom is -0.497 e. The molecule has 0 unspecified atom stereocenters. The molecule has 2 aromatic carbocycles. The Hall–Kier alpha value is -3.60. The molecular formula is C22H19N3O2. The molecule has 0 atom stereocenters. The van der Waals surface area contributed by atoms with Gasteiger partial charge < -0.3 is 15.0 Å². The monoisotopic (exact) mass is 357 g/mol. The summed E-state index contributed by atoms with van der Waals surface area (Å²) in [7, 11) is 1.62. The lowest BCUT2D eigenvalue weighted by atomic mass is 10.1. The Kier molecular flexibility index (Phi) is 4.58. The number of hydrogen-bond acceptors (Lipinski definition) is 3. The highest BCUT2D eigenvalue weighted by molar-refractivity contribution is 6.06. The summed E-state index contributed by atoms with van der Waals surface area (Å²) in [6.07, 6.45) is 4.42. The van der Waals surface area contributed by atoms with Crippen LogP contribution in [-0.2, 0) is 6.42 Å². The van der Waals surface area contributed by atoms with E-state index in [1.165, 1.54) is 11.1 Å². The van der Waals surface area contributed by atoms with E-state index in [2.05, 4.69) is 15.3 Å². The molecule has 5 heteroatoms. The highest BCUT2D eigenvalue weighted by Gasteiger charge is 2.10. The number of fused-ring (bicyclic) bond motifs is 1. The van der Waals surface area contributed by atoms with Crippen molar-refractivity contribution in [2.24, 2.45) is 0 Å². The van der Waals surface area contributed by atoms with Crippen LogP contribution in [0.15, 0.2) is 73.1 Å². The zero-order valence-corrected chi connectivity index (χ0v) is 14.9. The number of ether oxygens (including phenoxy) is 1. The number of methoxy groups -OCH3 is 1. The molecule has 2 N–H and O–H groups in total. The average molecular weight is 357 g/mol. The molecule has 0 radical (unpaired) electrons. The van der Waals surface area contributed by atoms with Crippen LogP contribution in [0.25, 0.3) is 10.9 Å². The molecule has 5 nitrogen and oxygen atoms in total. The van der Waals surface area contributed by atoms with E-state index in [-0.39, 0.29) is 5.91 Å². The van der Waals surface area contributed by atoms with Crippen LogP contribution in [0, 0.1) is 0 Å². The summed E-state index contributed by atoms with van der Waals surface area (Å²) in [6.45, 7) is 0. The number of hydrogen-bond donors (Lipinski definition) is 2. The van der Waals surface area contributed by atoms with Gasteiger partial charge in [-0.15, -0.1) is 0 Å². The SMILES string of the molecule is COc1ccc2cc(C(=O)Nc3ccc(Cc4ccncc4)cc3)[nH]c2c1. The number of carbonyl (C=O) groups excluding carboxylic acids is 1. The van der Waals surface area contributed by atoms with Crippen molar-refractivity contribution < 1.29 is 9.53 Å². The number of anilines is 1. The molecule has 0 saturated heterocycles. The molecule has 2 aromatic heterocycles. The summed E-state index contributed by atoms with van der Waals surface area (Å²) in [5.74, 6) is 0.577. The van der Waals surface area contributed by atoms with Crippen molar-refractivity contribution in [3.05, 3.63) is 89.9 Å². The number of nitrogens with zero attached hydrogens (tertiary/aromatic N) is 1. The van der Waals surface area contributed by atoms with E-state index >= 15 is 0 Å². The second-order valence-electron chi connectivity index (χ2n) is 6.32. The molecule has 0 aliphatic carbocycles. The van der Waals surface area contributed by atoms with Crippen molar-refractivity contribution in [3.8, 4) is 5.75 Å². The van der Waals surface area contributed by atoms with E-state index in [0.717, 1.165) is 28.8 Å². The first-order valence-electron chi connectivity index (χ1n) is 8.67. The number of aromatic nitrogens is 2. The average Bonchev–Trinajstić information content (AvgIpc) is 3.13. The van der Waals surface area contributed by atoms with Gasteiger partial charge in [-0.05, 0) is 60.0 Å². The smallest absolute Gasteiger partial charge is 0.272 e. The highest BCUT2D eigenvalue weighted by Crippen LogP contribution is 2.22. The first-order valence-corrected chi connectivity index (χ1v) is 8.67. The van der Waals surface area contributed by atoms with Crippen LogP contribution in [0.5, 0.6) is 5.75 Å².